The van der Waals surface area contributed by atoms with Gasteiger partial charge in [0.2, 0.25) is 21.8 Å². The Kier molecular flexibility index (Phi) is 4.67. The third-order valence-corrected chi connectivity index (χ3v) is 7.11. The maximum atomic E-state index is 13.3. The summed E-state index contributed by atoms with van der Waals surface area (Å²) in [5.74, 6) is 1.58. The normalized spacial score (nSPS) is 19.2. The Morgan fingerprint density at radius 1 is 1.07 bits per heavy atom. The Hall–Kier alpha value is -2.98. The van der Waals surface area contributed by atoms with E-state index in [2.05, 4.69) is 15.2 Å². The van der Waals surface area contributed by atoms with Crippen molar-refractivity contribution in [2.75, 3.05) is 19.8 Å². The fraction of sp³-hybridized carbons (Fsp3) is 0.350. The molecule has 0 bridgehead atoms. The first-order valence-corrected chi connectivity index (χ1v) is 11.1. The molecular formula is C20H20N4O5S. The van der Waals surface area contributed by atoms with Gasteiger partial charge in [-0.15, -0.1) is 10.2 Å². The van der Waals surface area contributed by atoms with Gasteiger partial charge in [-0.2, -0.15) is 4.31 Å². The number of fused-ring (bicyclic) bond motifs is 1. The lowest BCUT2D eigenvalue weighted by molar-refractivity contribution is 0.171. The van der Waals surface area contributed by atoms with E-state index in [4.69, 9.17) is 13.9 Å². The van der Waals surface area contributed by atoms with Crippen molar-refractivity contribution in [2.24, 2.45) is 0 Å². The van der Waals surface area contributed by atoms with Crippen LogP contribution in [0.4, 0.5) is 0 Å². The summed E-state index contributed by atoms with van der Waals surface area (Å²) >= 11 is 0. The highest BCUT2D eigenvalue weighted by Gasteiger charge is 2.39. The molecule has 1 fully saturated rings. The highest BCUT2D eigenvalue weighted by atomic mass is 32.2. The average molecular weight is 428 g/mol. The van der Waals surface area contributed by atoms with Gasteiger partial charge < -0.3 is 13.9 Å². The lowest BCUT2D eigenvalue weighted by Crippen LogP contribution is -2.31. The second kappa shape index (κ2) is 7.37. The topological polar surface area (TPSA) is 108 Å². The zero-order valence-electron chi connectivity index (χ0n) is 16.3. The monoisotopic (exact) mass is 428 g/mol. The molecule has 1 atom stereocenters. The smallest absolute Gasteiger partial charge is 0.249 e. The van der Waals surface area contributed by atoms with E-state index in [1.165, 1.54) is 16.4 Å². The lowest BCUT2D eigenvalue weighted by atomic mass is 10.2. The molecule has 5 rings (SSSR count). The van der Waals surface area contributed by atoms with E-state index < -0.39 is 16.1 Å². The molecule has 0 radical (unpaired) electrons. The largest absolute Gasteiger partial charge is 0.486 e. The van der Waals surface area contributed by atoms with Crippen LogP contribution in [0, 0.1) is 6.92 Å². The van der Waals surface area contributed by atoms with Crippen LogP contribution in [0.1, 0.15) is 30.5 Å². The molecule has 3 aromatic rings. The number of aryl methyl sites for hydroxylation is 1. The number of benzene rings is 1. The SMILES string of the molecule is Cc1ccc(-c2nnc([C@@H]3CCCN3S(=O)(=O)c3ccc4c(c3)OCCO4)o2)cn1. The van der Waals surface area contributed by atoms with Crippen LogP contribution in [0.2, 0.25) is 0 Å². The van der Waals surface area contributed by atoms with Crippen LogP contribution in [0.5, 0.6) is 11.5 Å². The number of rotatable bonds is 4. The predicted octanol–water partition coefficient (Wildman–Crippen LogP) is 2.74. The number of hydrogen-bond acceptors (Lipinski definition) is 8. The Labute approximate surface area is 173 Å². The molecule has 0 aliphatic carbocycles. The van der Waals surface area contributed by atoms with E-state index in [0.29, 0.717) is 55.6 Å². The highest BCUT2D eigenvalue weighted by molar-refractivity contribution is 7.89. The van der Waals surface area contributed by atoms with Gasteiger partial charge in [0.1, 0.15) is 19.3 Å². The predicted molar refractivity (Wildman–Crippen MR) is 106 cm³/mol. The molecule has 9 nitrogen and oxygen atoms in total. The first-order valence-electron chi connectivity index (χ1n) is 9.70. The molecule has 10 heteroatoms. The number of ether oxygens (including phenoxy) is 2. The lowest BCUT2D eigenvalue weighted by Gasteiger charge is -2.23. The number of nitrogens with zero attached hydrogens (tertiary/aromatic N) is 4. The van der Waals surface area contributed by atoms with E-state index in [-0.39, 0.29) is 10.8 Å². The van der Waals surface area contributed by atoms with Gasteiger partial charge in [-0.1, -0.05) is 0 Å². The summed E-state index contributed by atoms with van der Waals surface area (Å²) in [7, 11) is -3.77. The Balaban J connectivity index is 1.44. The van der Waals surface area contributed by atoms with Gasteiger partial charge in [0.25, 0.3) is 0 Å². The molecule has 0 saturated carbocycles. The standard InChI is InChI=1S/C20H20N4O5S/c1-13-4-5-14(12-21-13)19-22-23-20(29-19)16-3-2-8-24(16)30(25,26)15-6-7-17-18(11-15)28-10-9-27-17/h4-7,11-12,16H,2-3,8-10H2,1H3/t16-/m0/s1. The van der Waals surface area contributed by atoms with E-state index in [1.807, 2.05) is 19.1 Å². The number of pyridine rings is 1. The van der Waals surface area contributed by atoms with Crippen LogP contribution < -0.4 is 9.47 Å². The average Bonchev–Trinajstić information content (AvgIpc) is 3.44. The van der Waals surface area contributed by atoms with E-state index in [1.54, 1.807) is 12.3 Å². The van der Waals surface area contributed by atoms with Crippen LogP contribution in [0.15, 0.2) is 45.8 Å². The first kappa shape index (κ1) is 19.0. The molecule has 0 spiro atoms. The molecule has 2 aromatic heterocycles. The summed E-state index contributed by atoms with van der Waals surface area (Å²) in [4.78, 5) is 4.39. The fourth-order valence-corrected chi connectivity index (χ4v) is 5.34. The fourth-order valence-electron chi connectivity index (χ4n) is 3.67. The third-order valence-electron chi connectivity index (χ3n) is 5.21. The molecule has 0 N–H and O–H groups in total. The van der Waals surface area contributed by atoms with Crippen molar-refractivity contribution in [1.82, 2.24) is 19.5 Å². The summed E-state index contributed by atoms with van der Waals surface area (Å²) < 4.78 is 45.0. The quantitative estimate of drug-likeness (QED) is 0.624. The summed E-state index contributed by atoms with van der Waals surface area (Å²) in [6, 6.07) is 7.86. The van der Waals surface area contributed by atoms with Crippen LogP contribution in [-0.2, 0) is 10.0 Å². The maximum Gasteiger partial charge on any atom is 0.249 e. The van der Waals surface area contributed by atoms with Crippen molar-refractivity contribution in [1.29, 1.82) is 0 Å². The summed E-state index contributed by atoms with van der Waals surface area (Å²) in [5, 5.41) is 8.22. The zero-order valence-corrected chi connectivity index (χ0v) is 17.1. The minimum Gasteiger partial charge on any atom is -0.486 e. The number of aromatic nitrogens is 3. The maximum absolute atomic E-state index is 13.3. The molecule has 1 saturated heterocycles. The minimum absolute atomic E-state index is 0.154. The molecule has 0 amide bonds. The van der Waals surface area contributed by atoms with Crippen molar-refractivity contribution in [3.63, 3.8) is 0 Å². The van der Waals surface area contributed by atoms with Gasteiger partial charge >= 0.3 is 0 Å². The second-order valence-corrected chi connectivity index (χ2v) is 9.10. The Morgan fingerprint density at radius 2 is 1.90 bits per heavy atom. The second-order valence-electron chi connectivity index (χ2n) is 7.21. The molecular weight excluding hydrogens is 408 g/mol. The van der Waals surface area contributed by atoms with Crippen molar-refractivity contribution >= 4 is 10.0 Å². The van der Waals surface area contributed by atoms with Gasteiger partial charge in [-0.05, 0) is 44.0 Å². The van der Waals surface area contributed by atoms with Crippen molar-refractivity contribution in [3.05, 3.63) is 48.1 Å². The van der Waals surface area contributed by atoms with Gasteiger partial charge in [0.15, 0.2) is 11.5 Å². The van der Waals surface area contributed by atoms with Crippen LogP contribution in [0.25, 0.3) is 11.5 Å². The van der Waals surface area contributed by atoms with E-state index >= 15 is 0 Å². The van der Waals surface area contributed by atoms with Crippen molar-refractivity contribution in [2.45, 2.75) is 30.7 Å². The van der Waals surface area contributed by atoms with Crippen LogP contribution in [-0.4, -0.2) is 47.7 Å². The first-order chi connectivity index (χ1) is 14.5. The van der Waals surface area contributed by atoms with E-state index in [9.17, 15) is 8.42 Å². The van der Waals surface area contributed by atoms with Crippen LogP contribution >= 0.6 is 0 Å². The molecule has 30 heavy (non-hydrogen) atoms. The summed E-state index contributed by atoms with van der Waals surface area (Å²) in [6.07, 6.45) is 2.97. The van der Waals surface area contributed by atoms with Crippen LogP contribution in [0.3, 0.4) is 0 Å². The van der Waals surface area contributed by atoms with E-state index in [0.717, 1.165) is 5.69 Å². The molecule has 2 aliphatic heterocycles. The van der Waals surface area contributed by atoms with Crippen molar-refractivity contribution < 1.29 is 22.3 Å². The Morgan fingerprint density at radius 3 is 2.70 bits per heavy atom. The molecule has 0 unspecified atom stereocenters. The molecule has 1 aromatic carbocycles. The van der Waals surface area contributed by atoms with Gasteiger partial charge in [0, 0.05) is 24.5 Å². The highest BCUT2D eigenvalue weighted by Crippen LogP contribution is 2.39. The van der Waals surface area contributed by atoms with Gasteiger partial charge in [0.05, 0.1) is 10.5 Å². The van der Waals surface area contributed by atoms with Gasteiger partial charge in [-0.3, -0.25) is 4.98 Å². The molecule has 2 aliphatic rings. The third kappa shape index (κ3) is 3.31. The zero-order chi connectivity index (χ0) is 20.7. The molecule has 4 heterocycles. The number of sulfonamides is 1. The molecule has 156 valence electrons. The Bertz CT molecular complexity index is 1180. The van der Waals surface area contributed by atoms with Gasteiger partial charge in [-0.25, -0.2) is 8.42 Å². The number of hydrogen-bond donors (Lipinski definition) is 0. The summed E-state index contributed by atoms with van der Waals surface area (Å²) in [6.45, 7) is 3.11. The minimum atomic E-state index is -3.77. The van der Waals surface area contributed by atoms with Crippen molar-refractivity contribution in [3.8, 4) is 23.0 Å². The summed E-state index contributed by atoms with van der Waals surface area (Å²) in [5.41, 5.74) is 1.57.